The minimum atomic E-state index is -1.36. The van der Waals surface area contributed by atoms with Gasteiger partial charge < -0.3 is 28.4 Å². The third-order valence-corrected chi connectivity index (χ3v) is 13.5. The zero-order valence-corrected chi connectivity index (χ0v) is 33.6. The number of carbonyl (C=O) groups excluding carboxylic acids is 2. The molecule has 0 radical (unpaired) electrons. The summed E-state index contributed by atoms with van der Waals surface area (Å²) in [4.78, 5) is 36.0. The lowest BCUT2D eigenvalue weighted by atomic mass is 9.43. The molecule has 0 aromatic carbocycles. The summed E-state index contributed by atoms with van der Waals surface area (Å²) in [6.07, 6.45) is 13.6. The highest BCUT2D eigenvalue weighted by Crippen LogP contribution is 2.72. The maximum atomic E-state index is 15.5. The quantitative estimate of drug-likeness (QED) is 0.145. The molecule has 3 saturated heterocycles. The summed E-state index contributed by atoms with van der Waals surface area (Å²) < 4.78 is 39.9. The first-order valence-electron chi connectivity index (χ1n) is 20.0. The third kappa shape index (κ3) is 5.52. The number of nitrogens with zero attached hydrogens (tertiary/aromatic N) is 2. The average Bonchev–Trinajstić information content (AvgIpc) is 3.29. The number of methoxy groups -OCH3 is 1. The number of morpholine rings is 1. The molecule has 0 N–H and O–H groups in total. The zero-order valence-electron chi connectivity index (χ0n) is 33.6. The van der Waals surface area contributed by atoms with Crippen LogP contribution in [0.2, 0.25) is 0 Å². The van der Waals surface area contributed by atoms with Crippen molar-refractivity contribution in [1.29, 1.82) is 0 Å². The molecule has 1 spiro atoms. The van der Waals surface area contributed by atoms with Crippen molar-refractivity contribution in [2.45, 2.75) is 122 Å². The van der Waals surface area contributed by atoms with Gasteiger partial charge in [0.05, 0.1) is 37.8 Å². The number of ketones is 1. The average molecular weight is 743 g/mol. The lowest BCUT2D eigenvalue weighted by molar-refractivity contribution is -0.236. The molecule has 5 heterocycles. The van der Waals surface area contributed by atoms with Crippen LogP contribution in [0.15, 0.2) is 74.8 Å². The molecule has 4 bridgehead atoms. The first-order valence-corrected chi connectivity index (χ1v) is 20.0. The predicted octanol–water partition coefficient (Wildman–Crippen LogP) is 6.73. The molecule has 54 heavy (non-hydrogen) atoms. The Kier molecular flexibility index (Phi) is 9.35. The fourth-order valence-electron chi connectivity index (χ4n) is 11.2. The zero-order chi connectivity index (χ0) is 38.4. The summed E-state index contributed by atoms with van der Waals surface area (Å²) in [5, 5.41) is 0. The monoisotopic (exact) mass is 742 g/mol. The van der Waals surface area contributed by atoms with E-state index in [0.717, 1.165) is 54.3 Å². The van der Waals surface area contributed by atoms with Gasteiger partial charge in [0.2, 0.25) is 0 Å². The number of aliphatic imine (C=N–C) groups is 1. The Labute approximate surface area is 320 Å². The molecule has 6 fully saturated rings. The van der Waals surface area contributed by atoms with Crippen molar-refractivity contribution in [1.82, 2.24) is 4.90 Å². The highest BCUT2D eigenvalue weighted by molar-refractivity contribution is 6.03. The lowest BCUT2D eigenvalue weighted by Crippen LogP contribution is -2.82. The van der Waals surface area contributed by atoms with Gasteiger partial charge in [0.25, 0.3) is 0 Å². The number of hydrogen-bond donors (Lipinski definition) is 0. The van der Waals surface area contributed by atoms with E-state index < -0.39 is 28.4 Å². The Morgan fingerprint density at radius 3 is 2.48 bits per heavy atom. The van der Waals surface area contributed by atoms with E-state index >= 15 is 4.79 Å². The van der Waals surface area contributed by atoms with Crippen LogP contribution in [0.4, 0.5) is 0 Å². The van der Waals surface area contributed by atoms with Crippen LogP contribution in [-0.2, 0) is 38.0 Å². The van der Waals surface area contributed by atoms with Crippen molar-refractivity contribution in [3.63, 3.8) is 0 Å². The van der Waals surface area contributed by atoms with E-state index in [0.29, 0.717) is 31.6 Å². The van der Waals surface area contributed by atoms with Crippen molar-refractivity contribution >= 4 is 17.5 Å². The van der Waals surface area contributed by atoms with E-state index in [1.807, 2.05) is 6.08 Å². The van der Waals surface area contributed by atoms with Gasteiger partial charge in [-0.1, -0.05) is 35.5 Å². The van der Waals surface area contributed by atoms with Crippen molar-refractivity contribution in [2.75, 3.05) is 40.1 Å². The van der Waals surface area contributed by atoms with Gasteiger partial charge in [-0.15, -0.1) is 0 Å². The minimum Gasteiger partial charge on any atom is -0.486 e. The van der Waals surface area contributed by atoms with E-state index in [-0.39, 0.29) is 54.8 Å². The van der Waals surface area contributed by atoms with Crippen molar-refractivity contribution in [3.8, 4) is 0 Å². The number of hydrogen-bond acceptors (Lipinski definition) is 10. The Bertz CT molecular complexity index is 1830. The summed E-state index contributed by atoms with van der Waals surface area (Å²) in [6, 6.07) is -0.138. The summed E-state index contributed by atoms with van der Waals surface area (Å²) in [5.41, 5.74) is 2.27. The molecule has 5 aliphatic heterocycles. The van der Waals surface area contributed by atoms with E-state index in [9.17, 15) is 4.79 Å². The van der Waals surface area contributed by atoms with Crippen molar-refractivity contribution in [3.05, 3.63) is 69.8 Å². The highest BCUT2D eigenvalue weighted by atomic mass is 16.6. The normalized spacial score (nSPS) is 38.8. The number of allylic oxidation sites excluding steroid dienone is 5. The van der Waals surface area contributed by atoms with Gasteiger partial charge >= 0.3 is 5.97 Å². The van der Waals surface area contributed by atoms with Gasteiger partial charge in [-0.25, -0.2) is 4.79 Å². The fourth-order valence-corrected chi connectivity index (χ4v) is 11.2. The van der Waals surface area contributed by atoms with Gasteiger partial charge in [-0.3, -0.25) is 14.7 Å². The van der Waals surface area contributed by atoms with Gasteiger partial charge in [-0.05, 0) is 87.1 Å². The van der Waals surface area contributed by atoms with E-state index in [4.69, 9.17) is 33.4 Å². The van der Waals surface area contributed by atoms with Crippen LogP contribution in [-0.4, -0.2) is 97.1 Å². The Morgan fingerprint density at radius 2 is 1.78 bits per heavy atom. The van der Waals surface area contributed by atoms with Crippen LogP contribution in [0, 0.1) is 23.7 Å². The summed E-state index contributed by atoms with van der Waals surface area (Å²) in [5.74, 6) is 0.276. The predicted molar refractivity (Wildman–Crippen MR) is 204 cm³/mol. The van der Waals surface area contributed by atoms with Gasteiger partial charge in [0, 0.05) is 59.8 Å². The molecule has 10 heteroatoms. The first-order chi connectivity index (χ1) is 25.7. The Morgan fingerprint density at radius 1 is 1.04 bits per heavy atom. The molecular weight excluding hydrogens is 684 g/mol. The van der Waals surface area contributed by atoms with E-state index in [2.05, 4.69) is 77.7 Å². The molecule has 292 valence electrons. The molecule has 9 unspecified atom stereocenters. The Hall–Kier alpha value is -3.31. The van der Waals surface area contributed by atoms with Crippen LogP contribution in [0.25, 0.3) is 0 Å². The van der Waals surface area contributed by atoms with E-state index in [1.54, 1.807) is 6.92 Å². The number of Topliss-reactive ketones (excluding diaryl/α,β-unsaturated/α-hetero) is 1. The molecule has 10 nitrogen and oxygen atoms in total. The second-order valence-electron chi connectivity index (χ2n) is 17.8. The number of rotatable bonds is 9. The lowest BCUT2D eigenvalue weighted by Gasteiger charge is -2.67. The fraction of sp³-hybridized carbons (Fsp3) is 0.659. The summed E-state index contributed by atoms with van der Waals surface area (Å²) in [7, 11) is 1.38. The standard InChI is InChI=1S/C44H58N2O8/c1-25(2)11-10-16-42(8)17-15-29-36(52-42)28(13-12-26(3)4)38-32-34(45-24-51-37(29)32)33-35(46-19-21-50-22-20-46)30-23-31-41(6,7)54-43(39(30)47,44(31,33)53-38)18-14-27(5)40(48)49-9/h11-12,14-15,17,30-33,35,37H,10,13,16,18-24H2,1-9H3/b27-14-. The molecule has 9 aliphatic rings. The maximum Gasteiger partial charge on any atom is 0.333 e. The molecule has 9 rings (SSSR count). The van der Waals surface area contributed by atoms with Gasteiger partial charge in [0.15, 0.2) is 17.0 Å². The topological polar surface area (TPSA) is 105 Å². The SMILES string of the molecule is COC(=O)/C(C)=C\CC12OC(C)(C)C3CC(C1=O)C(N1CCOCC1)C1C4=NCOC5C6=C(OC(C)(CCC=C(C)C)C=C6)C(CC=C(C)C)=C(OC132)C45. The van der Waals surface area contributed by atoms with Crippen LogP contribution in [0.3, 0.4) is 0 Å². The first kappa shape index (κ1) is 37.6. The van der Waals surface area contributed by atoms with Crippen LogP contribution >= 0.6 is 0 Å². The van der Waals surface area contributed by atoms with Crippen LogP contribution in [0.5, 0.6) is 0 Å². The largest absolute Gasteiger partial charge is 0.486 e. The number of fused-ring (bicyclic) bond motifs is 1. The third-order valence-electron chi connectivity index (χ3n) is 13.5. The maximum absolute atomic E-state index is 15.5. The highest BCUT2D eigenvalue weighted by Gasteiger charge is 2.86. The van der Waals surface area contributed by atoms with E-state index in [1.165, 1.54) is 18.3 Å². The van der Waals surface area contributed by atoms with Crippen LogP contribution < -0.4 is 0 Å². The van der Waals surface area contributed by atoms with Gasteiger partial charge in [0.1, 0.15) is 30.0 Å². The summed E-state index contributed by atoms with van der Waals surface area (Å²) in [6.45, 7) is 19.5. The van der Waals surface area contributed by atoms with Gasteiger partial charge in [-0.2, -0.15) is 0 Å². The summed E-state index contributed by atoms with van der Waals surface area (Å²) >= 11 is 0. The van der Waals surface area contributed by atoms with Crippen LogP contribution in [0.1, 0.15) is 87.5 Å². The molecule has 3 saturated carbocycles. The second kappa shape index (κ2) is 13.4. The molecule has 0 amide bonds. The van der Waals surface area contributed by atoms with Crippen molar-refractivity contribution in [2.24, 2.45) is 28.7 Å². The number of ether oxygens (including phenoxy) is 6. The smallest absolute Gasteiger partial charge is 0.333 e. The molecule has 9 atom stereocenters. The molecule has 4 aliphatic carbocycles. The second-order valence-corrected chi connectivity index (χ2v) is 17.8. The molecule has 0 aromatic rings. The van der Waals surface area contributed by atoms with Crippen molar-refractivity contribution < 1.29 is 38.0 Å². The number of esters is 1. The minimum absolute atomic E-state index is 0.0551. The number of carbonyl (C=O) groups is 2. The molecular formula is C44H58N2O8. The Balaban J connectivity index is 1.35. The molecule has 0 aromatic heterocycles.